The van der Waals surface area contributed by atoms with Crippen LogP contribution in [0.25, 0.3) is 0 Å². The fourth-order valence-electron chi connectivity index (χ4n) is 2.09. The lowest BCUT2D eigenvalue weighted by molar-refractivity contribution is -0.152. The lowest BCUT2D eigenvalue weighted by Gasteiger charge is -2.30. The van der Waals surface area contributed by atoms with E-state index in [1.807, 2.05) is 0 Å². The van der Waals surface area contributed by atoms with Crippen molar-refractivity contribution >= 4 is 5.97 Å². The first kappa shape index (κ1) is 14.6. The summed E-state index contributed by atoms with van der Waals surface area (Å²) in [7, 11) is 0. The minimum Gasteiger partial charge on any atom is -0.481 e. The number of hydrogen-bond acceptors (Lipinski definition) is 2. The molecule has 0 aromatic heterocycles. The largest absolute Gasteiger partial charge is 0.481 e. The Kier molecular flexibility index (Phi) is 4.40. The van der Waals surface area contributed by atoms with Crippen LogP contribution in [-0.2, 0) is 10.4 Å². The van der Waals surface area contributed by atoms with Gasteiger partial charge in [0.25, 0.3) is 0 Å². The molecular weight excluding hydrogens is 242 g/mol. The smallest absolute Gasteiger partial charge is 0.309 e. The quantitative estimate of drug-likeness (QED) is 0.853. The Bertz CT molecular complexity index is 424. The molecule has 0 saturated carbocycles. The molecule has 3 nitrogen and oxygen atoms in total. The maximum absolute atomic E-state index is 13.6. The molecule has 0 bridgehead atoms. The highest BCUT2D eigenvalue weighted by atomic mass is 19.1. The van der Waals surface area contributed by atoms with Crippen molar-refractivity contribution in [3.63, 3.8) is 0 Å². The molecule has 0 aliphatic heterocycles. The number of benzene rings is 1. The van der Waals surface area contributed by atoms with Gasteiger partial charge in [0.15, 0.2) is 0 Å². The minimum atomic E-state index is -2.09. The summed E-state index contributed by atoms with van der Waals surface area (Å²) in [5.74, 6) is -4.41. The summed E-state index contributed by atoms with van der Waals surface area (Å²) in [6.45, 7) is 2.87. The molecule has 18 heavy (non-hydrogen) atoms. The fourth-order valence-corrected chi connectivity index (χ4v) is 2.09. The predicted octanol–water partition coefficient (Wildman–Crippen LogP) is 2.67. The van der Waals surface area contributed by atoms with E-state index in [0.717, 1.165) is 19.1 Å². The highest BCUT2D eigenvalue weighted by molar-refractivity contribution is 5.72. The van der Waals surface area contributed by atoms with Crippen molar-refractivity contribution in [2.75, 3.05) is 0 Å². The Hall–Kier alpha value is -1.49. The lowest BCUT2D eigenvalue weighted by Crippen LogP contribution is -2.38. The van der Waals surface area contributed by atoms with E-state index in [1.165, 1.54) is 6.07 Å². The Balaban J connectivity index is 3.30. The summed E-state index contributed by atoms with van der Waals surface area (Å²) in [5.41, 5.74) is -2.68. The van der Waals surface area contributed by atoms with E-state index in [2.05, 4.69) is 0 Å². The molecular formula is C13H16F2O3. The van der Waals surface area contributed by atoms with E-state index in [0.29, 0.717) is 6.42 Å². The van der Waals surface area contributed by atoms with Crippen molar-refractivity contribution in [2.45, 2.75) is 32.3 Å². The molecule has 2 N–H and O–H groups in total. The Morgan fingerprint density at radius 2 is 1.89 bits per heavy atom. The molecule has 0 heterocycles. The molecule has 0 radical (unpaired) electrons. The number of aliphatic hydroxyl groups is 1. The molecule has 0 aliphatic rings. The highest BCUT2D eigenvalue weighted by Gasteiger charge is 2.41. The summed E-state index contributed by atoms with van der Waals surface area (Å²) in [6.07, 6.45) is 0.624. The third-order valence-electron chi connectivity index (χ3n) is 3.02. The summed E-state index contributed by atoms with van der Waals surface area (Å²) < 4.78 is 27.2. The average molecular weight is 258 g/mol. The number of carboxylic acid groups (broad SMARTS) is 1. The Morgan fingerprint density at radius 1 is 1.39 bits per heavy atom. The Labute approximate surface area is 104 Å². The topological polar surface area (TPSA) is 57.5 Å². The fraction of sp³-hybridized carbons (Fsp3) is 0.462. The van der Waals surface area contributed by atoms with Crippen LogP contribution in [0, 0.1) is 17.6 Å². The number of carboxylic acids is 1. The molecule has 2 unspecified atom stereocenters. The van der Waals surface area contributed by atoms with E-state index in [-0.39, 0.29) is 6.42 Å². The van der Waals surface area contributed by atoms with Crippen molar-refractivity contribution in [1.82, 2.24) is 0 Å². The van der Waals surface area contributed by atoms with Crippen LogP contribution in [0.1, 0.15) is 32.3 Å². The first-order chi connectivity index (χ1) is 8.32. The van der Waals surface area contributed by atoms with Gasteiger partial charge in [-0.1, -0.05) is 19.4 Å². The third kappa shape index (κ3) is 2.67. The van der Waals surface area contributed by atoms with Crippen LogP contribution in [-0.4, -0.2) is 16.2 Å². The van der Waals surface area contributed by atoms with Crippen molar-refractivity contribution < 1.29 is 23.8 Å². The van der Waals surface area contributed by atoms with Crippen molar-refractivity contribution in [2.24, 2.45) is 5.92 Å². The van der Waals surface area contributed by atoms with Crippen LogP contribution in [0.5, 0.6) is 0 Å². The molecule has 1 rings (SSSR count). The maximum Gasteiger partial charge on any atom is 0.309 e. The molecule has 1 aromatic rings. The van der Waals surface area contributed by atoms with Gasteiger partial charge in [0.1, 0.15) is 17.2 Å². The number of carbonyl (C=O) groups is 1. The predicted molar refractivity (Wildman–Crippen MR) is 62.0 cm³/mol. The SMILES string of the molecule is CCCC(C(=O)O)C(C)(O)c1c(F)cccc1F. The number of rotatable bonds is 5. The molecule has 0 amide bonds. The number of aliphatic carboxylic acids is 1. The van der Waals surface area contributed by atoms with Crippen LogP contribution in [0.3, 0.4) is 0 Å². The van der Waals surface area contributed by atoms with Gasteiger partial charge >= 0.3 is 5.97 Å². The average Bonchev–Trinajstić information content (AvgIpc) is 2.24. The zero-order chi connectivity index (χ0) is 13.9. The molecule has 100 valence electrons. The third-order valence-corrected chi connectivity index (χ3v) is 3.02. The normalized spacial score (nSPS) is 16.1. The van der Waals surface area contributed by atoms with Gasteiger partial charge < -0.3 is 10.2 Å². The van der Waals surface area contributed by atoms with Crippen LogP contribution in [0.4, 0.5) is 8.78 Å². The first-order valence-corrected chi connectivity index (χ1v) is 5.72. The van der Waals surface area contributed by atoms with Gasteiger partial charge in [0, 0.05) is 0 Å². The van der Waals surface area contributed by atoms with Gasteiger partial charge in [-0.25, -0.2) is 8.78 Å². The summed E-state index contributed by atoms with van der Waals surface area (Å²) >= 11 is 0. The van der Waals surface area contributed by atoms with Gasteiger partial charge in [0.2, 0.25) is 0 Å². The van der Waals surface area contributed by atoms with E-state index in [1.54, 1.807) is 6.92 Å². The van der Waals surface area contributed by atoms with Gasteiger partial charge in [-0.15, -0.1) is 0 Å². The van der Waals surface area contributed by atoms with E-state index >= 15 is 0 Å². The molecule has 0 aliphatic carbocycles. The number of halogens is 2. The molecule has 0 saturated heterocycles. The summed E-state index contributed by atoms with van der Waals surface area (Å²) in [5, 5.41) is 19.3. The second kappa shape index (κ2) is 5.44. The molecule has 0 fully saturated rings. The van der Waals surface area contributed by atoms with Gasteiger partial charge in [-0.2, -0.15) is 0 Å². The van der Waals surface area contributed by atoms with E-state index in [9.17, 15) is 18.7 Å². The van der Waals surface area contributed by atoms with Gasteiger partial charge in [-0.3, -0.25) is 4.79 Å². The zero-order valence-electron chi connectivity index (χ0n) is 10.3. The lowest BCUT2D eigenvalue weighted by atomic mass is 9.80. The monoisotopic (exact) mass is 258 g/mol. The van der Waals surface area contributed by atoms with Crippen molar-refractivity contribution in [1.29, 1.82) is 0 Å². The van der Waals surface area contributed by atoms with E-state index < -0.39 is 34.7 Å². The van der Waals surface area contributed by atoms with Crippen LogP contribution >= 0.6 is 0 Å². The second-order valence-electron chi connectivity index (χ2n) is 4.42. The standard InChI is InChI=1S/C13H16F2O3/c1-3-5-8(12(16)17)13(2,18)11-9(14)6-4-7-10(11)15/h4,6-8,18H,3,5H2,1-2H3,(H,16,17). The minimum absolute atomic E-state index is 0.135. The molecule has 1 aromatic carbocycles. The zero-order valence-corrected chi connectivity index (χ0v) is 10.3. The molecule has 5 heteroatoms. The van der Waals surface area contributed by atoms with Crippen LogP contribution < -0.4 is 0 Å². The van der Waals surface area contributed by atoms with Crippen molar-refractivity contribution in [3.8, 4) is 0 Å². The molecule has 2 atom stereocenters. The maximum atomic E-state index is 13.6. The second-order valence-corrected chi connectivity index (χ2v) is 4.42. The van der Waals surface area contributed by atoms with Crippen LogP contribution in [0.15, 0.2) is 18.2 Å². The number of hydrogen-bond donors (Lipinski definition) is 2. The van der Waals surface area contributed by atoms with Crippen molar-refractivity contribution in [3.05, 3.63) is 35.4 Å². The summed E-state index contributed by atoms with van der Waals surface area (Å²) in [4.78, 5) is 11.1. The molecule has 0 spiro atoms. The Morgan fingerprint density at radius 3 is 2.28 bits per heavy atom. The highest BCUT2D eigenvalue weighted by Crippen LogP contribution is 2.35. The first-order valence-electron chi connectivity index (χ1n) is 5.72. The van der Waals surface area contributed by atoms with Crippen LogP contribution in [0.2, 0.25) is 0 Å². The summed E-state index contributed by atoms with van der Waals surface area (Å²) in [6, 6.07) is 3.16. The van der Waals surface area contributed by atoms with E-state index in [4.69, 9.17) is 5.11 Å². The van der Waals surface area contributed by atoms with Gasteiger partial charge in [0.05, 0.1) is 11.5 Å². The van der Waals surface area contributed by atoms with Gasteiger partial charge in [-0.05, 0) is 25.5 Å².